The van der Waals surface area contributed by atoms with E-state index in [-0.39, 0.29) is 6.04 Å². The zero-order valence-corrected chi connectivity index (χ0v) is 17.6. The Morgan fingerprint density at radius 1 is 0.677 bits per heavy atom. The molecule has 1 aliphatic heterocycles. The normalized spacial score (nSPS) is 14.8. The molecular weight excluding hydrogens is 398 g/mol. The van der Waals surface area contributed by atoms with Gasteiger partial charge in [-0.1, -0.05) is 96.2 Å². The number of nitrogens with zero attached hydrogens (tertiary/aromatic N) is 1. The predicted molar refractivity (Wildman–Crippen MR) is 131 cm³/mol. The first kappa shape index (κ1) is 19.2. The predicted octanol–water partition coefficient (Wildman–Crippen LogP) is 7.45. The minimum absolute atomic E-state index is 0.127. The van der Waals surface area contributed by atoms with Crippen molar-refractivity contribution in [3.8, 4) is 11.8 Å². The number of hydrogen-bond acceptors (Lipinski definition) is 1. The minimum Gasteiger partial charge on any atom is -0.322 e. The fourth-order valence-electron chi connectivity index (χ4n) is 3.92. The van der Waals surface area contributed by atoms with Crippen molar-refractivity contribution in [3.05, 3.63) is 136 Å². The van der Waals surface area contributed by atoms with Crippen molar-refractivity contribution in [2.24, 2.45) is 0 Å². The molecule has 0 radical (unpaired) electrons. The Hall–Kier alpha value is -3.73. The molecule has 31 heavy (non-hydrogen) atoms. The maximum atomic E-state index is 6.20. The van der Waals surface area contributed by atoms with Crippen LogP contribution in [0.2, 0.25) is 5.02 Å². The molecule has 148 valence electrons. The second-order valence-electron chi connectivity index (χ2n) is 7.41. The van der Waals surface area contributed by atoms with Crippen LogP contribution in [0.15, 0.2) is 109 Å². The highest BCUT2D eigenvalue weighted by molar-refractivity contribution is 6.30. The summed E-state index contributed by atoms with van der Waals surface area (Å²) in [5, 5.41) is 0.721. The maximum absolute atomic E-state index is 6.20. The van der Waals surface area contributed by atoms with Gasteiger partial charge in [-0.25, -0.2) is 0 Å². The van der Waals surface area contributed by atoms with Crippen LogP contribution in [0.4, 0.5) is 5.69 Å². The van der Waals surface area contributed by atoms with Crippen molar-refractivity contribution in [3.63, 3.8) is 0 Å². The molecule has 0 bridgehead atoms. The first-order chi connectivity index (χ1) is 15.3. The van der Waals surface area contributed by atoms with Crippen LogP contribution in [-0.2, 0) is 0 Å². The average Bonchev–Trinajstić information content (AvgIpc) is 2.84. The van der Waals surface area contributed by atoms with Crippen molar-refractivity contribution in [1.82, 2.24) is 0 Å². The van der Waals surface area contributed by atoms with Gasteiger partial charge in [-0.05, 0) is 59.2 Å². The van der Waals surface area contributed by atoms with Crippen molar-refractivity contribution in [1.29, 1.82) is 0 Å². The summed E-state index contributed by atoms with van der Waals surface area (Å²) in [6.07, 6.45) is 2.25. The molecule has 0 N–H and O–H groups in total. The third-order valence-electron chi connectivity index (χ3n) is 5.40. The Bertz CT molecular complexity index is 1280. The summed E-state index contributed by atoms with van der Waals surface area (Å²) in [6.45, 7) is 0. The van der Waals surface area contributed by atoms with E-state index in [4.69, 9.17) is 11.6 Å². The number of benzene rings is 4. The van der Waals surface area contributed by atoms with E-state index < -0.39 is 0 Å². The van der Waals surface area contributed by atoms with Gasteiger partial charge in [0.15, 0.2) is 0 Å². The standard InChI is InChI=1S/C29H20ClN/c30-25-16-18-26(19-17-25)31-28(20-15-22-9-3-1-4-10-22)27-14-8-7-13-24(27)21-29(31)23-11-5-2-6-12-23/h1-14,16-19,21,28H. The van der Waals surface area contributed by atoms with E-state index in [0.717, 1.165) is 27.5 Å². The van der Waals surface area contributed by atoms with Gasteiger partial charge in [-0.3, -0.25) is 0 Å². The Kier molecular flexibility index (Phi) is 5.31. The molecule has 1 unspecified atom stereocenters. The molecule has 1 atom stereocenters. The Morgan fingerprint density at radius 2 is 1.32 bits per heavy atom. The average molecular weight is 418 g/mol. The summed E-state index contributed by atoms with van der Waals surface area (Å²) in [5.41, 5.74) is 6.72. The smallest absolute Gasteiger partial charge is 0.121 e. The first-order valence-corrected chi connectivity index (χ1v) is 10.6. The second kappa shape index (κ2) is 8.56. The number of anilines is 1. The topological polar surface area (TPSA) is 3.24 Å². The molecule has 0 aliphatic carbocycles. The lowest BCUT2D eigenvalue weighted by Crippen LogP contribution is -2.29. The van der Waals surface area contributed by atoms with Gasteiger partial charge in [0.1, 0.15) is 6.04 Å². The molecule has 0 spiro atoms. The lowest BCUT2D eigenvalue weighted by molar-refractivity contribution is 0.873. The summed E-state index contributed by atoms with van der Waals surface area (Å²) in [6, 6.07) is 37.0. The fourth-order valence-corrected chi connectivity index (χ4v) is 4.05. The highest BCUT2D eigenvalue weighted by atomic mass is 35.5. The number of rotatable bonds is 2. The Balaban J connectivity index is 1.72. The summed E-state index contributed by atoms with van der Waals surface area (Å²) < 4.78 is 0. The van der Waals surface area contributed by atoms with Crippen LogP contribution < -0.4 is 4.90 Å². The molecule has 0 aromatic heterocycles. The van der Waals surface area contributed by atoms with Gasteiger partial charge in [0.2, 0.25) is 0 Å². The monoisotopic (exact) mass is 417 g/mol. The van der Waals surface area contributed by atoms with Gasteiger partial charge in [0.25, 0.3) is 0 Å². The zero-order chi connectivity index (χ0) is 21.0. The molecule has 4 aromatic rings. The SMILES string of the molecule is Clc1ccc(N2C(c3ccccc3)=Cc3ccccc3C2C#Cc2ccccc2)cc1. The first-order valence-electron chi connectivity index (χ1n) is 10.3. The molecule has 5 rings (SSSR count). The van der Waals surface area contributed by atoms with Gasteiger partial charge in [-0.15, -0.1) is 0 Å². The van der Waals surface area contributed by atoms with E-state index in [2.05, 4.69) is 83.5 Å². The molecule has 0 fully saturated rings. The van der Waals surface area contributed by atoms with Crippen LogP contribution in [0.1, 0.15) is 28.3 Å². The van der Waals surface area contributed by atoms with E-state index in [1.165, 1.54) is 11.1 Å². The van der Waals surface area contributed by atoms with Crippen molar-refractivity contribution >= 4 is 29.1 Å². The third kappa shape index (κ3) is 3.99. The van der Waals surface area contributed by atoms with E-state index in [1.807, 2.05) is 48.5 Å². The van der Waals surface area contributed by atoms with Crippen molar-refractivity contribution < 1.29 is 0 Å². The van der Waals surface area contributed by atoms with Gasteiger partial charge in [0, 0.05) is 16.3 Å². The summed E-state index contributed by atoms with van der Waals surface area (Å²) in [5.74, 6) is 6.95. The van der Waals surface area contributed by atoms with Crippen LogP contribution in [-0.4, -0.2) is 0 Å². The fraction of sp³-hybridized carbons (Fsp3) is 0.0345. The summed E-state index contributed by atoms with van der Waals surface area (Å²) in [7, 11) is 0. The molecule has 0 saturated carbocycles. The minimum atomic E-state index is -0.127. The lowest BCUT2D eigenvalue weighted by atomic mass is 9.91. The highest BCUT2D eigenvalue weighted by Crippen LogP contribution is 2.41. The zero-order valence-electron chi connectivity index (χ0n) is 16.9. The third-order valence-corrected chi connectivity index (χ3v) is 5.65. The maximum Gasteiger partial charge on any atom is 0.121 e. The van der Waals surface area contributed by atoms with Crippen LogP contribution in [0.3, 0.4) is 0 Å². The Morgan fingerprint density at radius 3 is 2.06 bits per heavy atom. The van der Waals surface area contributed by atoms with Crippen LogP contribution in [0.25, 0.3) is 11.8 Å². The van der Waals surface area contributed by atoms with Gasteiger partial charge in [-0.2, -0.15) is 0 Å². The largest absolute Gasteiger partial charge is 0.322 e. The molecule has 4 aromatic carbocycles. The van der Waals surface area contributed by atoms with Gasteiger partial charge < -0.3 is 4.90 Å². The van der Waals surface area contributed by atoms with E-state index >= 15 is 0 Å². The summed E-state index contributed by atoms with van der Waals surface area (Å²) >= 11 is 6.20. The molecule has 0 saturated heterocycles. The van der Waals surface area contributed by atoms with Crippen LogP contribution >= 0.6 is 11.6 Å². The van der Waals surface area contributed by atoms with Crippen LogP contribution in [0.5, 0.6) is 0 Å². The summed E-state index contributed by atoms with van der Waals surface area (Å²) in [4.78, 5) is 2.31. The molecule has 1 aliphatic rings. The van der Waals surface area contributed by atoms with E-state index in [0.29, 0.717) is 0 Å². The molecule has 0 amide bonds. The number of fused-ring (bicyclic) bond motifs is 1. The second-order valence-corrected chi connectivity index (χ2v) is 7.85. The molecule has 2 heteroatoms. The van der Waals surface area contributed by atoms with Crippen molar-refractivity contribution in [2.45, 2.75) is 6.04 Å². The number of hydrogen-bond donors (Lipinski definition) is 0. The number of halogens is 1. The van der Waals surface area contributed by atoms with E-state index in [1.54, 1.807) is 0 Å². The van der Waals surface area contributed by atoms with E-state index in [9.17, 15) is 0 Å². The van der Waals surface area contributed by atoms with Crippen LogP contribution in [0, 0.1) is 11.8 Å². The molecule has 1 nitrogen and oxygen atoms in total. The Labute approximate surface area is 188 Å². The van der Waals surface area contributed by atoms with Gasteiger partial charge in [0.05, 0.1) is 5.70 Å². The lowest BCUT2D eigenvalue weighted by Gasteiger charge is -2.37. The quantitative estimate of drug-likeness (QED) is 0.306. The van der Waals surface area contributed by atoms with Crippen molar-refractivity contribution in [2.75, 3.05) is 4.90 Å². The van der Waals surface area contributed by atoms with Gasteiger partial charge >= 0.3 is 0 Å². The molecule has 1 heterocycles. The highest BCUT2D eigenvalue weighted by Gasteiger charge is 2.29. The molecular formula is C29H20ClN.